The summed E-state index contributed by atoms with van der Waals surface area (Å²) in [6.45, 7) is 11.1. The molecule has 3 aromatic rings. The molecule has 0 fully saturated rings. The van der Waals surface area contributed by atoms with Crippen molar-refractivity contribution < 1.29 is 0 Å². The van der Waals surface area contributed by atoms with E-state index in [0.29, 0.717) is 0 Å². The fourth-order valence-electron chi connectivity index (χ4n) is 3.78. The second-order valence-corrected chi connectivity index (χ2v) is 8.51. The van der Waals surface area contributed by atoms with Gasteiger partial charge in [-0.3, -0.25) is 0 Å². The van der Waals surface area contributed by atoms with Crippen LogP contribution in [0.4, 0.5) is 0 Å². The quantitative estimate of drug-likeness (QED) is 0.445. The maximum Gasteiger partial charge on any atom is -0.00961 e. The third-order valence-electron chi connectivity index (χ3n) is 5.39. The molecule has 0 spiro atoms. The molecule has 0 saturated heterocycles. The zero-order chi connectivity index (χ0) is 18.5. The van der Waals surface area contributed by atoms with Crippen molar-refractivity contribution >= 4 is 12.2 Å². The lowest BCUT2D eigenvalue weighted by Gasteiger charge is -2.18. The number of hydrogen-bond acceptors (Lipinski definition) is 0. The van der Waals surface area contributed by atoms with Gasteiger partial charge in [-0.1, -0.05) is 80.9 Å². The van der Waals surface area contributed by atoms with Gasteiger partial charge in [-0.05, 0) is 75.2 Å². The summed E-state index contributed by atoms with van der Waals surface area (Å²) in [4.78, 5) is 0. The molecule has 1 aliphatic carbocycles. The van der Waals surface area contributed by atoms with Crippen molar-refractivity contribution in [2.45, 2.75) is 40.0 Å². The largest absolute Gasteiger partial charge is 0.0587 e. The topological polar surface area (TPSA) is 0 Å². The molecule has 0 bridgehead atoms. The first-order chi connectivity index (χ1) is 12.3. The molecular weight excluding hydrogens is 312 g/mol. The number of benzene rings is 3. The van der Waals surface area contributed by atoms with Crippen molar-refractivity contribution in [1.29, 1.82) is 0 Å². The van der Waals surface area contributed by atoms with Crippen molar-refractivity contribution in [3.8, 4) is 11.1 Å². The van der Waals surface area contributed by atoms with Crippen LogP contribution in [0.5, 0.6) is 0 Å². The molecule has 0 amide bonds. The molecule has 0 saturated carbocycles. The van der Waals surface area contributed by atoms with Crippen molar-refractivity contribution in [1.82, 2.24) is 0 Å². The van der Waals surface area contributed by atoms with Gasteiger partial charge in [-0.15, -0.1) is 0 Å². The molecule has 0 heterocycles. The van der Waals surface area contributed by atoms with E-state index in [-0.39, 0.29) is 5.41 Å². The van der Waals surface area contributed by atoms with E-state index in [9.17, 15) is 0 Å². The minimum atomic E-state index is 0.190. The summed E-state index contributed by atoms with van der Waals surface area (Å²) >= 11 is 0. The Morgan fingerprint density at radius 1 is 0.769 bits per heavy atom. The zero-order valence-corrected chi connectivity index (χ0v) is 16.4. The Balaban J connectivity index is 1.89. The lowest BCUT2D eigenvalue weighted by Crippen LogP contribution is -2.27. The normalized spacial score (nSPS) is 13.3. The van der Waals surface area contributed by atoms with E-state index >= 15 is 0 Å². The van der Waals surface area contributed by atoms with Gasteiger partial charge in [0.05, 0.1) is 0 Å². The summed E-state index contributed by atoms with van der Waals surface area (Å²) in [6, 6.07) is 20.3. The Bertz CT molecular complexity index is 1100. The van der Waals surface area contributed by atoms with E-state index in [1.165, 1.54) is 49.4 Å². The third kappa shape index (κ3) is 2.90. The van der Waals surface area contributed by atoms with Crippen molar-refractivity contribution in [3.05, 3.63) is 92.9 Å². The predicted octanol–water partition coefficient (Wildman–Crippen LogP) is 5.24. The van der Waals surface area contributed by atoms with E-state index in [1.54, 1.807) is 0 Å². The Kier molecular flexibility index (Phi) is 3.88. The van der Waals surface area contributed by atoms with Crippen LogP contribution in [0.2, 0.25) is 0 Å². The van der Waals surface area contributed by atoms with Gasteiger partial charge < -0.3 is 0 Å². The molecule has 0 unspecified atom stereocenters. The van der Waals surface area contributed by atoms with Gasteiger partial charge in [0, 0.05) is 0 Å². The summed E-state index contributed by atoms with van der Waals surface area (Å²) < 4.78 is 0. The molecule has 3 aromatic carbocycles. The van der Waals surface area contributed by atoms with Gasteiger partial charge in [0.15, 0.2) is 0 Å². The molecule has 0 N–H and O–H groups in total. The highest BCUT2D eigenvalue weighted by atomic mass is 14.2. The molecular formula is C26H26. The lowest BCUT2D eigenvalue weighted by atomic mass is 9.86. The van der Waals surface area contributed by atoms with Crippen LogP contribution in [-0.2, 0) is 5.41 Å². The minimum absolute atomic E-state index is 0.190. The molecule has 4 rings (SSSR count). The highest BCUT2D eigenvalue weighted by Crippen LogP contribution is 2.27. The number of rotatable bonds is 1. The molecule has 0 nitrogen and oxygen atoms in total. The predicted molar refractivity (Wildman–Crippen MR) is 113 cm³/mol. The average Bonchev–Trinajstić information content (AvgIpc) is 2.95. The van der Waals surface area contributed by atoms with Crippen LogP contribution in [0, 0.1) is 13.8 Å². The van der Waals surface area contributed by atoms with Gasteiger partial charge >= 0.3 is 0 Å². The third-order valence-corrected chi connectivity index (χ3v) is 5.39. The number of fused-ring (bicyclic) bond motifs is 3. The summed E-state index contributed by atoms with van der Waals surface area (Å²) in [5, 5.41) is 2.69. The number of aryl methyl sites for hydroxylation is 2. The monoisotopic (exact) mass is 338 g/mol. The van der Waals surface area contributed by atoms with E-state index < -0.39 is 0 Å². The molecule has 0 aliphatic heterocycles. The summed E-state index contributed by atoms with van der Waals surface area (Å²) in [5.41, 5.74) is 9.50. The Hall–Kier alpha value is -2.60. The van der Waals surface area contributed by atoms with Gasteiger partial charge in [-0.2, -0.15) is 0 Å². The molecule has 130 valence electrons. The maximum atomic E-state index is 2.35. The SMILES string of the molecule is Cc1ccc2c(c1)C=c1c-2ccc(C)c1=Cc1ccc(C(C)(C)C)cc1. The fraction of sp³-hybridized carbons (Fsp3) is 0.231. The standard InChI is InChI=1S/C26H26/c1-17-6-12-22-20(14-17)16-25-23(22)13-7-18(2)24(25)15-19-8-10-21(11-9-19)26(3,4)5/h6-16H,1-5H3. The second-order valence-electron chi connectivity index (χ2n) is 8.51. The van der Waals surface area contributed by atoms with Crippen LogP contribution in [0.1, 0.15) is 48.6 Å². The molecule has 0 radical (unpaired) electrons. The Morgan fingerprint density at radius 2 is 1.46 bits per heavy atom. The van der Waals surface area contributed by atoms with Gasteiger partial charge in [0.25, 0.3) is 0 Å². The van der Waals surface area contributed by atoms with Crippen LogP contribution >= 0.6 is 0 Å². The summed E-state index contributed by atoms with van der Waals surface area (Å²) in [6.07, 6.45) is 4.68. The van der Waals surface area contributed by atoms with Crippen LogP contribution < -0.4 is 10.4 Å². The molecule has 1 aliphatic rings. The van der Waals surface area contributed by atoms with Crippen molar-refractivity contribution in [2.75, 3.05) is 0 Å². The first-order valence-electron chi connectivity index (χ1n) is 9.37. The van der Waals surface area contributed by atoms with Crippen LogP contribution in [0.25, 0.3) is 23.3 Å². The maximum absolute atomic E-state index is 2.35. The summed E-state index contributed by atoms with van der Waals surface area (Å²) in [5.74, 6) is 0. The first-order valence-corrected chi connectivity index (χ1v) is 9.37. The summed E-state index contributed by atoms with van der Waals surface area (Å²) in [7, 11) is 0. The second kappa shape index (κ2) is 5.99. The highest BCUT2D eigenvalue weighted by molar-refractivity contribution is 5.83. The van der Waals surface area contributed by atoms with E-state index in [4.69, 9.17) is 0 Å². The number of hydrogen-bond donors (Lipinski definition) is 0. The van der Waals surface area contributed by atoms with Gasteiger partial charge in [0.1, 0.15) is 0 Å². The zero-order valence-electron chi connectivity index (χ0n) is 16.4. The van der Waals surface area contributed by atoms with Crippen molar-refractivity contribution in [3.63, 3.8) is 0 Å². The van der Waals surface area contributed by atoms with Gasteiger partial charge in [-0.25, -0.2) is 0 Å². The Labute approximate surface area is 156 Å². The van der Waals surface area contributed by atoms with Crippen LogP contribution in [0.3, 0.4) is 0 Å². The fourth-order valence-corrected chi connectivity index (χ4v) is 3.78. The molecule has 26 heavy (non-hydrogen) atoms. The van der Waals surface area contributed by atoms with E-state index in [2.05, 4.69) is 101 Å². The molecule has 0 atom stereocenters. The average molecular weight is 338 g/mol. The van der Waals surface area contributed by atoms with Crippen LogP contribution in [0.15, 0.2) is 54.6 Å². The smallest absolute Gasteiger partial charge is 0.00961 e. The Morgan fingerprint density at radius 3 is 2.15 bits per heavy atom. The van der Waals surface area contributed by atoms with Crippen molar-refractivity contribution in [2.24, 2.45) is 0 Å². The molecule has 0 heteroatoms. The first kappa shape index (κ1) is 16.8. The lowest BCUT2D eigenvalue weighted by molar-refractivity contribution is 0.590. The molecule has 0 aromatic heterocycles. The van der Waals surface area contributed by atoms with Crippen LogP contribution in [-0.4, -0.2) is 0 Å². The van der Waals surface area contributed by atoms with E-state index in [1.807, 2.05) is 0 Å². The van der Waals surface area contributed by atoms with E-state index in [0.717, 1.165) is 0 Å². The highest BCUT2D eigenvalue weighted by Gasteiger charge is 2.14. The van der Waals surface area contributed by atoms with Gasteiger partial charge in [0.2, 0.25) is 0 Å². The minimum Gasteiger partial charge on any atom is -0.0587 e.